The highest BCUT2D eigenvalue weighted by Crippen LogP contribution is 2.29. The maximum atomic E-state index is 6.03. The molecular weight excluding hydrogens is 330 g/mol. The van der Waals surface area contributed by atoms with Gasteiger partial charge in [0.25, 0.3) is 0 Å². The monoisotopic (exact) mass is 357 g/mol. The summed E-state index contributed by atoms with van der Waals surface area (Å²) < 4.78 is 16.3. The van der Waals surface area contributed by atoms with Crippen LogP contribution in [0.2, 0.25) is 0 Å². The first kappa shape index (κ1) is 19.4. The Bertz CT molecular complexity index is 715. The molecule has 0 fully saturated rings. The van der Waals surface area contributed by atoms with Crippen LogP contribution < -0.4 is 25.3 Å². The lowest BCUT2D eigenvalue weighted by Gasteiger charge is -2.14. The van der Waals surface area contributed by atoms with Crippen LogP contribution in [-0.2, 0) is 6.42 Å². The van der Waals surface area contributed by atoms with Crippen LogP contribution in [0.1, 0.15) is 19.4 Å². The van der Waals surface area contributed by atoms with Crippen molar-refractivity contribution in [3.63, 3.8) is 0 Å². The van der Waals surface area contributed by atoms with Crippen LogP contribution in [0.25, 0.3) is 0 Å². The second-order valence-corrected chi connectivity index (χ2v) is 5.51. The van der Waals surface area contributed by atoms with Gasteiger partial charge in [0.2, 0.25) is 0 Å². The van der Waals surface area contributed by atoms with Crippen LogP contribution >= 0.6 is 0 Å². The SMILES string of the molecule is CCOc1ccc(OCC)c(NC(N)=NCCc2ccc(OC)cc2)c1. The van der Waals surface area contributed by atoms with E-state index in [0.29, 0.717) is 31.5 Å². The molecule has 2 aromatic rings. The maximum absolute atomic E-state index is 6.03. The summed E-state index contributed by atoms with van der Waals surface area (Å²) in [5.41, 5.74) is 7.94. The molecule has 0 saturated carbocycles. The predicted octanol–water partition coefficient (Wildman–Crippen LogP) is 3.46. The summed E-state index contributed by atoms with van der Waals surface area (Å²) in [5.74, 6) is 2.65. The Balaban J connectivity index is 1.99. The molecule has 0 aliphatic heterocycles. The molecule has 0 saturated heterocycles. The van der Waals surface area contributed by atoms with Crippen molar-refractivity contribution in [2.24, 2.45) is 10.7 Å². The van der Waals surface area contributed by atoms with Crippen LogP contribution in [0.5, 0.6) is 17.2 Å². The zero-order valence-corrected chi connectivity index (χ0v) is 15.6. The van der Waals surface area contributed by atoms with Crippen LogP contribution in [0.15, 0.2) is 47.5 Å². The molecule has 6 heteroatoms. The number of guanidine groups is 1. The average Bonchev–Trinajstić information content (AvgIpc) is 2.65. The Kier molecular flexibility index (Phi) is 7.61. The van der Waals surface area contributed by atoms with E-state index < -0.39 is 0 Å². The third-order valence-corrected chi connectivity index (χ3v) is 3.67. The minimum absolute atomic E-state index is 0.341. The Labute approximate surface area is 155 Å². The van der Waals surface area contributed by atoms with Gasteiger partial charge in [-0.1, -0.05) is 12.1 Å². The molecule has 0 radical (unpaired) electrons. The van der Waals surface area contributed by atoms with Gasteiger partial charge >= 0.3 is 0 Å². The lowest BCUT2D eigenvalue weighted by atomic mass is 10.1. The fourth-order valence-electron chi connectivity index (χ4n) is 2.42. The van der Waals surface area contributed by atoms with Crippen molar-refractivity contribution in [1.29, 1.82) is 0 Å². The average molecular weight is 357 g/mol. The summed E-state index contributed by atoms with van der Waals surface area (Å²) in [6.45, 7) is 5.63. The van der Waals surface area contributed by atoms with Crippen molar-refractivity contribution in [3.8, 4) is 17.2 Å². The number of aliphatic imine (C=N–C) groups is 1. The second kappa shape index (κ2) is 10.2. The molecule has 0 bridgehead atoms. The van der Waals surface area contributed by atoms with Crippen molar-refractivity contribution in [2.75, 3.05) is 32.2 Å². The second-order valence-electron chi connectivity index (χ2n) is 5.51. The molecule has 3 N–H and O–H groups in total. The fraction of sp³-hybridized carbons (Fsp3) is 0.350. The predicted molar refractivity (Wildman–Crippen MR) is 106 cm³/mol. The van der Waals surface area contributed by atoms with Crippen molar-refractivity contribution in [2.45, 2.75) is 20.3 Å². The highest BCUT2D eigenvalue weighted by Gasteiger charge is 2.07. The van der Waals surface area contributed by atoms with E-state index in [1.54, 1.807) is 7.11 Å². The zero-order valence-electron chi connectivity index (χ0n) is 15.6. The fourth-order valence-corrected chi connectivity index (χ4v) is 2.42. The van der Waals surface area contributed by atoms with Gasteiger partial charge in [-0.25, -0.2) is 0 Å². The van der Waals surface area contributed by atoms with Crippen molar-refractivity contribution in [3.05, 3.63) is 48.0 Å². The molecule has 0 unspecified atom stereocenters. The number of methoxy groups -OCH3 is 1. The summed E-state index contributed by atoms with van der Waals surface area (Å²) in [7, 11) is 1.66. The summed E-state index contributed by atoms with van der Waals surface area (Å²) in [6, 6.07) is 13.5. The van der Waals surface area contributed by atoms with E-state index in [1.165, 1.54) is 5.56 Å². The number of nitrogens with one attached hydrogen (secondary N) is 1. The number of hydrogen-bond acceptors (Lipinski definition) is 4. The zero-order chi connectivity index (χ0) is 18.8. The van der Waals surface area contributed by atoms with Crippen LogP contribution in [0.4, 0.5) is 5.69 Å². The number of hydrogen-bond donors (Lipinski definition) is 2. The Morgan fingerprint density at radius 2 is 1.69 bits per heavy atom. The number of benzene rings is 2. The highest BCUT2D eigenvalue weighted by molar-refractivity contribution is 5.94. The molecule has 26 heavy (non-hydrogen) atoms. The van der Waals surface area contributed by atoms with Crippen LogP contribution in [-0.4, -0.2) is 32.8 Å². The molecule has 2 aromatic carbocycles. The lowest BCUT2D eigenvalue weighted by molar-refractivity contribution is 0.332. The summed E-state index contributed by atoms with van der Waals surface area (Å²) >= 11 is 0. The van der Waals surface area contributed by atoms with E-state index >= 15 is 0 Å². The first-order valence-electron chi connectivity index (χ1n) is 8.75. The van der Waals surface area contributed by atoms with E-state index in [-0.39, 0.29) is 0 Å². The van der Waals surface area contributed by atoms with Gasteiger partial charge in [0.15, 0.2) is 5.96 Å². The Morgan fingerprint density at radius 1 is 1.00 bits per heavy atom. The smallest absolute Gasteiger partial charge is 0.193 e. The van der Waals surface area contributed by atoms with Gasteiger partial charge in [-0.15, -0.1) is 0 Å². The minimum Gasteiger partial charge on any atom is -0.497 e. The normalized spacial score (nSPS) is 11.1. The van der Waals surface area contributed by atoms with E-state index in [1.807, 2.05) is 56.3 Å². The number of rotatable bonds is 9. The quantitative estimate of drug-likeness (QED) is 0.531. The van der Waals surface area contributed by atoms with Gasteiger partial charge in [0.05, 0.1) is 26.0 Å². The van der Waals surface area contributed by atoms with Crippen molar-refractivity contribution < 1.29 is 14.2 Å². The third kappa shape index (κ3) is 5.88. The molecule has 0 amide bonds. The van der Waals surface area contributed by atoms with Gasteiger partial charge in [-0.2, -0.15) is 0 Å². The molecule has 0 spiro atoms. The highest BCUT2D eigenvalue weighted by atomic mass is 16.5. The van der Waals surface area contributed by atoms with E-state index in [9.17, 15) is 0 Å². The molecule has 2 rings (SSSR count). The van der Waals surface area contributed by atoms with E-state index in [0.717, 1.165) is 23.6 Å². The third-order valence-electron chi connectivity index (χ3n) is 3.67. The Hall–Kier alpha value is -2.89. The number of ether oxygens (including phenoxy) is 3. The molecule has 0 heterocycles. The van der Waals surface area contributed by atoms with Crippen LogP contribution in [0, 0.1) is 0 Å². The summed E-state index contributed by atoms with van der Waals surface area (Å²) in [6.07, 6.45) is 0.795. The van der Waals surface area contributed by atoms with Gasteiger partial charge in [0, 0.05) is 12.6 Å². The first-order chi connectivity index (χ1) is 12.7. The van der Waals surface area contributed by atoms with Crippen molar-refractivity contribution in [1.82, 2.24) is 0 Å². The number of nitrogens with zero attached hydrogens (tertiary/aromatic N) is 1. The van der Waals surface area contributed by atoms with Crippen molar-refractivity contribution >= 4 is 11.6 Å². The molecular formula is C20H27N3O3. The molecule has 0 aliphatic carbocycles. The molecule has 140 valence electrons. The standard InChI is InChI=1S/C20H27N3O3/c1-4-25-17-10-11-19(26-5-2)18(14-17)23-20(21)22-13-12-15-6-8-16(24-3)9-7-15/h6-11,14H,4-5,12-13H2,1-3H3,(H3,21,22,23). The molecule has 0 aliphatic rings. The number of anilines is 1. The van der Waals surface area contributed by atoms with Gasteiger partial charge in [0.1, 0.15) is 17.2 Å². The van der Waals surface area contributed by atoms with E-state index in [2.05, 4.69) is 10.3 Å². The number of nitrogens with two attached hydrogens (primary N) is 1. The maximum Gasteiger partial charge on any atom is 0.193 e. The largest absolute Gasteiger partial charge is 0.497 e. The molecule has 0 atom stereocenters. The summed E-state index contributed by atoms with van der Waals surface area (Å²) in [4.78, 5) is 4.39. The summed E-state index contributed by atoms with van der Waals surface area (Å²) in [5, 5.41) is 3.10. The van der Waals surface area contributed by atoms with E-state index in [4.69, 9.17) is 19.9 Å². The van der Waals surface area contributed by atoms with Gasteiger partial charge in [-0.3, -0.25) is 4.99 Å². The van der Waals surface area contributed by atoms with Gasteiger partial charge < -0.3 is 25.3 Å². The Morgan fingerprint density at radius 3 is 2.35 bits per heavy atom. The van der Waals surface area contributed by atoms with Crippen LogP contribution in [0.3, 0.4) is 0 Å². The minimum atomic E-state index is 0.341. The first-order valence-corrected chi connectivity index (χ1v) is 8.75. The molecule has 0 aromatic heterocycles. The van der Waals surface area contributed by atoms with Gasteiger partial charge in [-0.05, 0) is 50.1 Å². The lowest BCUT2D eigenvalue weighted by Crippen LogP contribution is -2.23. The molecule has 6 nitrogen and oxygen atoms in total. The topological polar surface area (TPSA) is 78.1 Å².